The van der Waals surface area contributed by atoms with Gasteiger partial charge in [0.2, 0.25) is 0 Å². The Morgan fingerprint density at radius 3 is 2.40 bits per heavy atom. The monoisotopic (exact) mass is 208 g/mol. The van der Waals surface area contributed by atoms with E-state index in [1.165, 1.54) is 0 Å². The number of hydrogen-bond acceptors (Lipinski definition) is 2. The molecule has 0 unspecified atom stereocenters. The van der Waals surface area contributed by atoms with E-state index in [4.69, 9.17) is 15.9 Å². The van der Waals surface area contributed by atoms with E-state index in [2.05, 4.69) is 26.3 Å². The Bertz CT molecular complexity index is 283. The largest absolute Gasteiger partial charge is 0.346 e. The molecule has 1 saturated heterocycles. The normalized spacial score (nSPS) is 33.0. The van der Waals surface area contributed by atoms with Gasteiger partial charge in [-0.3, -0.25) is 0 Å². The maximum atomic E-state index is 5.85. The molecule has 0 N–H and O–H groups in total. The van der Waals surface area contributed by atoms with Crippen molar-refractivity contribution in [3.63, 3.8) is 0 Å². The number of ether oxygens (including phenoxy) is 2. The molecular weight excluding hydrogens is 188 g/mol. The second-order valence-corrected chi connectivity index (χ2v) is 5.01. The predicted molar refractivity (Wildman–Crippen MR) is 61.3 cm³/mol. The summed E-state index contributed by atoms with van der Waals surface area (Å²) in [5.41, 5.74) is -0.135. The smallest absolute Gasteiger partial charge is 0.164 e. The Morgan fingerprint density at radius 1 is 1.33 bits per heavy atom. The zero-order valence-electron chi connectivity index (χ0n) is 10.0. The lowest BCUT2D eigenvalue weighted by Gasteiger charge is -2.49. The minimum Gasteiger partial charge on any atom is -0.346 e. The molecule has 1 heterocycles. The molecule has 0 spiro atoms. The van der Waals surface area contributed by atoms with Gasteiger partial charge in [-0.15, -0.1) is 18.9 Å². The van der Waals surface area contributed by atoms with Crippen LogP contribution >= 0.6 is 0 Å². The maximum Gasteiger partial charge on any atom is 0.164 e. The molecule has 15 heavy (non-hydrogen) atoms. The zero-order chi connectivity index (χ0) is 11.7. The van der Waals surface area contributed by atoms with Crippen molar-refractivity contribution in [1.29, 1.82) is 0 Å². The van der Waals surface area contributed by atoms with Crippen molar-refractivity contribution < 1.29 is 9.47 Å². The summed E-state index contributed by atoms with van der Waals surface area (Å²) >= 11 is 0. The molecule has 2 atom stereocenters. The fraction of sp³-hybridized carbons (Fsp3) is 0.692. The molecule has 0 aliphatic carbocycles. The Labute approximate surface area is 92.6 Å². The van der Waals surface area contributed by atoms with E-state index in [0.717, 1.165) is 0 Å². The first-order chi connectivity index (χ1) is 6.83. The number of rotatable bonds is 2. The molecule has 0 saturated carbocycles. The lowest BCUT2D eigenvalue weighted by molar-refractivity contribution is -0.330. The predicted octanol–water partition coefficient (Wildman–Crippen LogP) is 2.74. The number of hydrogen-bond donors (Lipinski definition) is 0. The second kappa shape index (κ2) is 4.00. The van der Waals surface area contributed by atoms with Gasteiger partial charge in [0.05, 0.1) is 12.2 Å². The van der Waals surface area contributed by atoms with Gasteiger partial charge in [-0.1, -0.05) is 19.9 Å². The lowest BCUT2D eigenvalue weighted by Crippen LogP contribution is -2.55. The van der Waals surface area contributed by atoms with Crippen molar-refractivity contribution in [2.75, 3.05) is 0 Å². The molecule has 2 nitrogen and oxygen atoms in total. The molecule has 1 aliphatic heterocycles. The minimum absolute atomic E-state index is 0.00856. The van der Waals surface area contributed by atoms with Crippen LogP contribution in [0.3, 0.4) is 0 Å². The van der Waals surface area contributed by atoms with Crippen molar-refractivity contribution in [1.82, 2.24) is 0 Å². The van der Waals surface area contributed by atoms with Gasteiger partial charge in [-0.2, -0.15) is 0 Å². The van der Waals surface area contributed by atoms with E-state index < -0.39 is 5.79 Å². The highest BCUT2D eigenvalue weighted by atomic mass is 16.7. The molecular formula is C13H20O2. The molecule has 0 aromatic heterocycles. The third-order valence-electron chi connectivity index (χ3n) is 2.92. The molecule has 1 aliphatic rings. The highest BCUT2D eigenvalue weighted by Crippen LogP contribution is 2.41. The molecule has 2 heteroatoms. The SMILES string of the molecule is C#CC[C@H]1OC(C)(C)O[C@H](C=C)C1(C)C. The van der Waals surface area contributed by atoms with Gasteiger partial charge < -0.3 is 9.47 Å². The standard InChI is InChI=1S/C13H20O2/c1-7-9-11-12(3,4)10(8-2)14-13(5,6)15-11/h1,8,10-11H,2,9H2,3-6H3/t10-,11-/m1/s1. The van der Waals surface area contributed by atoms with Gasteiger partial charge in [0.25, 0.3) is 0 Å². The van der Waals surface area contributed by atoms with Crippen LogP contribution < -0.4 is 0 Å². The Kier molecular flexibility index (Phi) is 3.28. The van der Waals surface area contributed by atoms with Crippen LogP contribution in [0.2, 0.25) is 0 Å². The first-order valence-corrected chi connectivity index (χ1v) is 5.25. The van der Waals surface area contributed by atoms with Crippen LogP contribution in [0, 0.1) is 17.8 Å². The summed E-state index contributed by atoms with van der Waals surface area (Å²) in [6, 6.07) is 0. The fourth-order valence-corrected chi connectivity index (χ4v) is 1.93. The summed E-state index contributed by atoms with van der Waals surface area (Å²) in [6.45, 7) is 11.8. The van der Waals surface area contributed by atoms with Crippen LogP contribution in [0.15, 0.2) is 12.7 Å². The molecule has 0 bridgehead atoms. The van der Waals surface area contributed by atoms with Crippen LogP contribution in [-0.2, 0) is 9.47 Å². The van der Waals surface area contributed by atoms with E-state index in [1.807, 2.05) is 19.9 Å². The summed E-state index contributed by atoms with van der Waals surface area (Å²) in [4.78, 5) is 0. The van der Waals surface area contributed by atoms with Gasteiger partial charge in [0.15, 0.2) is 5.79 Å². The average molecular weight is 208 g/mol. The fourth-order valence-electron chi connectivity index (χ4n) is 1.93. The van der Waals surface area contributed by atoms with Gasteiger partial charge in [0, 0.05) is 11.8 Å². The van der Waals surface area contributed by atoms with E-state index in [-0.39, 0.29) is 17.6 Å². The molecule has 84 valence electrons. The third kappa shape index (κ3) is 2.42. The van der Waals surface area contributed by atoms with Crippen LogP contribution in [0.4, 0.5) is 0 Å². The van der Waals surface area contributed by atoms with E-state index in [9.17, 15) is 0 Å². The molecule has 0 radical (unpaired) electrons. The highest BCUT2D eigenvalue weighted by molar-refractivity contribution is 5.03. The van der Waals surface area contributed by atoms with Crippen LogP contribution in [0.25, 0.3) is 0 Å². The first kappa shape index (κ1) is 12.3. The van der Waals surface area contributed by atoms with Crippen LogP contribution in [0.5, 0.6) is 0 Å². The lowest BCUT2D eigenvalue weighted by atomic mass is 9.78. The van der Waals surface area contributed by atoms with Gasteiger partial charge in [-0.05, 0) is 13.8 Å². The van der Waals surface area contributed by atoms with E-state index in [0.29, 0.717) is 6.42 Å². The third-order valence-corrected chi connectivity index (χ3v) is 2.92. The van der Waals surface area contributed by atoms with Crippen molar-refractivity contribution in [3.8, 4) is 12.3 Å². The van der Waals surface area contributed by atoms with Gasteiger partial charge >= 0.3 is 0 Å². The van der Waals surface area contributed by atoms with Crippen LogP contribution in [0.1, 0.15) is 34.1 Å². The summed E-state index contributed by atoms with van der Waals surface area (Å²) in [5, 5.41) is 0. The highest BCUT2D eigenvalue weighted by Gasteiger charge is 2.46. The Hall–Kier alpha value is -0.780. The molecule has 0 aromatic rings. The van der Waals surface area contributed by atoms with E-state index >= 15 is 0 Å². The maximum absolute atomic E-state index is 5.85. The summed E-state index contributed by atoms with van der Waals surface area (Å²) in [7, 11) is 0. The van der Waals surface area contributed by atoms with Crippen molar-refractivity contribution >= 4 is 0 Å². The molecule has 0 aromatic carbocycles. The minimum atomic E-state index is -0.587. The van der Waals surface area contributed by atoms with E-state index in [1.54, 1.807) is 0 Å². The molecule has 1 rings (SSSR count). The topological polar surface area (TPSA) is 18.5 Å². The molecule has 0 amide bonds. The number of terminal acetylenes is 1. The molecule has 1 fully saturated rings. The summed E-state index contributed by atoms with van der Waals surface area (Å²) < 4.78 is 11.7. The quantitative estimate of drug-likeness (QED) is 0.513. The summed E-state index contributed by atoms with van der Waals surface area (Å²) in [5.74, 6) is 2.07. The van der Waals surface area contributed by atoms with Gasteiger partial charge in [-0.25, -0.2) is 0 Å². The Balaban J connectivity index is 2.94. The Morgan fingerprint density at radius 2 is 1.93 bits per heavy atom. The van der Waals surface area contributed by atoms with Crippen molar-refractivity contribution in [3.05, 3.63) is 12.7 Å². The zero-order valence-corrected chi connectivity index (χ0v) is 10.0. The van der Waals surface area contributed by atoms with Crippen molar-refractivity contribution in [2.45, 2.75) is 52.1 Å². The summed E-state index contributed by atoms with van der Waals surface area (Å²) in [6.07, 6.45) is 7.77. The van der Waals surface area contributed by atoms with Crippen molar-refractivity contribution in [2.24, 2.45) is 5.41 Å². The first-order valence-electron chi connectivity index (χ1n) is 5.25. The second-order valence-electron chi connectivity index (χ2n) is 5.01. The van der Waals surface area contributed by atoms with Crippen LogP contribution in [-0.4, -0.2) is 18.0 Å². The average Bonchev–Trinajstić information content (AvgIpc) is 2.11. The van der Waals surface area contributed by atoms with Gasteiger partial charge in [0.1, 0.15) is 0 Å².